The number of hydrogen-bond donors (Lipinski definition) is 3. The lowest BCUT2D eigenvalue weighted by Crippen LogP contribution is -2.28. The minimum absolute atomic E-state index is 0.103. The largest absolute Gasteiger partial charge is 0.396 e. The quantitative estimate of drug-likeness (QED) is 0.633. The van der Waals surface area contributed by atoms with Gasteiger partial charge in [0.15, 0.2) is 0 Å². The maximum Gasteiger partial charge on any atom is 0.0645 e. The van der Waals surface area contributed by atoms with Crippen LogP contribution in [0.4, 0.5) is 0 Å². The van der Waals surface area contributed by atoms with E-state index >= 15 is 0 Å². The number of nitrogens with zero attached hydrogens (tertiary/aromatic N) is 2. The summed E-state index contributed by atoms with van der Waals surface area (Å²) in [5.41, 5.74) is 7.94. The van der Waals surface area contributed by atoms with E-state index in [0.717, 1.165) is 30.6 Å². The molecule has 0 amide bonds. The summed E-state index contributed by atoms with van der Waals surface area (Å²) in [6, 6.07) is 10.1. The van der Waals surface area contributed by atoms with Gasteiger partial charge in [-0.3, -0.25) is 0 Å². The molecular weight excluding hydrogens is 252 g/mol. The molecule has 1 aromatic carbocycles. The number of aromatic nitrogens is 2. The summed E-state index contributed by atoms with van der Waals surface area (Å²) < 4.78 is 1.85. The van der Waals surface area contributed by atoms with Crippen LogP contribution in [0.25, 0.3) is 5.69 Å². The number of para-hydroxylation sites is 1. The standard InChI is InChI=1S/C15H22N4O/c16-10-15(17-8-4-5-9-20)13-11-18-19(12-13)14-6-2-1-3-7-14/h1-3,6-7,11-12,15,17,20H,4-5,8-10,16H2. The van der Waals surface area contributed by atoms with Crippen LogP contribution >= 0.6 is 0 Å². The molecular formula is C15H22N4O. The molecule has 1 aromatic heterocycles. The van der Waals surface area contributed by atoms with Gasteiger partial charge < -0.3 is 16.2 Å². The molecule has 5 heteroatoms. The van der Waals surface area contributed by atoms with Crippen molar-refractivity contribution in [2.24, 2.45) is 5.73 Å². The fourth-order valence-corrected chi connectivity index (χ4v) is 2.09. The SMILES string of the molecule is NCC(NCCCCO)c1cnn(-c2ccccc2)c1. The summed E-state index contributed by atoms with van der Waals surface area (Å²) in [6.45, 7) is 1.61. The van der Waals surface area contributed by atoms with Gasteiger partial charge >= 0.3 is 0 Å². The fourth-order valence-electron chi connectivity index (χ4n) is 2.09. The van der Waals surface area contributed by atoms with Crippen LogP contribution in [-0.2, 0) is 0 Å². The molecule has 0 saturated carbocycles. The smallest absolute Gasteiger partial charge is 0.0645 e. The van der Waals surface area contributed by atoms with Gasteiger partial charge in [0.25, 0.3) is 0 Å². The minimum Gasteiger partial charge on any atom is -0.396 e. The maximum atomic E-state index is 8.77. The second kappa shape index (κ2) is 7.79. The topological polar surface area (TPSA) is 76.1 Å². The third-order valence-corrected chi connectivity index (χ3v) is 3.24. The van der Waals surface area contributed by atoms with Crippen molar-refractivity contribution in [2.75, 3.05) is 19.7 Å². The Morgan fingerprint density at radius 3 is 2.75 bits per heavy atom. The highest BCUT2D eigenvalue weighted by molar-refractivity contribution is 5.31. The van der Waals surface area contributed by atoms with Gasteiger partial charge in [-0.25, -0.2) is 4.68 Å². The van der Waals surface area contributed by atoms with Crippen LogP contribution in [0, 0.1) is 0 Å². The van der Waals surface area contributed by atoms with Crippen molar-refractivity contribution in [1.82, 2.24) is 15.1 Å². The maximum absolute atomic E-state index is 8.77. The first-order valence-corrected chi connectivity index (χ1v) is 6.99. The molecule has 0 spiro atoms. The Bertz CT molecular complexity index is 498. The normalized spacial score (nSPS) is 12.5. The second-order valence-electron chi connectivity index (χ2n) is 4.73. The number of hydrogen-bond acceptors (Lipinski definition) is 4. The van der Waals surface area contributed by atoms with Crippen LogP contribution in [0.15, 0.2) is 42.7 Å². The average Bonchev–Trinajstić information content (AvgIpc) is 2.98. The lowest BCUT2D eigenvalue weighted by Gasteiger charge is -2.14. The number of aliphatic hydroxyl groups excluding tert-OH is 1. The minimum atomic E-state index is 0.103. The first-order chi connectivity index (χ1) is 9.85. The molecule has 0 bridgehead atoms. The van der Waals surface area contributed by atoms with E-state index < -0.39 is 0 Å². The number of nitrogens with two attached hydrogens (primary N) is 1. The van der Waals surface area contributed by atoms with Crippen molar-refractivity contribution < 1.29 is 5.11 Å². The Morgan fingerprint density at radius 1 is 1.25 bits per heavy atom. The Balaban J connectivity index is 1.99. The monoisotopic (exact) mass is 274 g/mol. The summed E-state index contributed by atoms with van der Waals surface area (Å²) in [7, 11) is 0. The molecule has 108 valence electrons. The van der Waals surface area contributed by atoms with Crippen molar-refractivity contribution in [2.45, 2.75) is 18.9 Å². The summed E-state index contributed by atoms with van der Waals surface area (Å²) in [5.74, 6) is 0. The molecule has 2 rings (SSSR count). The second-order valence-corrected chi connectivity index (χ2v) is 4.73. The van der Waals surface area contributed by atoms with Gasteiger partial charge in [0.1, 0.15) is 0 Å². The molecule has 0 aliphatic carbocycles. The van der Waals surface area contributed by atoms with E-state index in [0.29, 0.717) is 6.54 Å². The van der Waals surface area contributed by atoms with Gasteiger partial charge in [0.05, 0.1) is 11.9 Å². The van der Waals surface area contributed by atoms with Gasteiger partial charge in [0, 0.05) is 31.0 Å². The summed E-state index contributed by atoms with van der Waals surface area (Å²) in [5, 5.41) is 16.5. The van der Waals surface area contributed by atoms with Crippen molar-refractivity contribution >= 4 is 0 Å². The van der Waals surface area contributed by atoms with Crippen molar-refractivity contribution in [1.29, 1.82) is 0 Å². The molecule has 0 aliphatic rings. The Kier molecular flexibility index (Phi) is 5.73. The molecule has 0 saturated heterocycles. The predicted molar refractivity (Wildman–Crippen MR) is 79.7 cm³/mol. The van der Waals surface area contributed by atoms with E-state index in [4.69, 9.17) is 10.8 Å². The molecule has 1 heterocycles. The van der Waals surface area contributed by atoms with Gasteiger partial charge in [-0.2, -0.15) is 5.10 Å². The third kappa shape index (κ3) is 3.90. The molecule has 4 N–H and O–H groups in total. The van der Waals surface area contributed by atoms with Crippen LogP contribution in [0.1, 0.15) is 24.4 Å². The fraction of sp³-hybridized carbons (Fsp3) is 0.400. The van der Waals surface area contributed by atoms with E-state index in [1.54, 1.807) is 0 Å². The van der Waals surface area contributed by atoms with Gasteiger partial charge in [-0.1, -0.05) is 18.2 Å². The third-order valence-electron chi connectivity index (χ3n) is 3.24. The van der Waals surface area contributed by atoms with Crippen molar-refractivity contribution in [3.8, 4) is 5.69 Å². The van der Waals surface area contributed by atoms with Crippen molar-refractivity contribution in [3.05, 3.63) is 48.3 Å². The summed E-state index contributed by atoms with van der Waals surface area (Å²) >= 11 is 0. The number of nitrogens with one attached hydrogen (secondary N) is 1. The number of rotatable bonds is 8. The number of unbranched alkanes of at least 4 members (excludes halogenated alkanes) is 1. The van der Waals surface area contributed by atoms with Crippen molar-refractivity contribution in [3.63, 3.8) is 0 Å². The average molecular weight is 274 g/mol. The highest BCUT2D eigenvalue weighted by Gasteiger charge is 2.11. The van der Waals surface area contributed by atoms with Crippen LogP contribution < -0.4 is 11.1 Å². The van der Waals surface area contributed by atoms with Gasteiger partial charge in [-0.05, 0) is 31.5 Å². The molecule has 5 nitrogen and oxygen atoms in total. The van der Waals surface area contributed by atoms with Crippen LogP contribution in [0.5, 0.6) is 0 Å². The van der Waals surface area contributed by atoms with Gasteiger partial charge in [-0.15, -0.1) is 0 Å². The lowest BCUT2D eigenvalue weighted by atomic mass is 10.1. The first-order valence-electron chi connectivity index (χ1n) is 6.99. The first kappa shape index (κ1) is 14.7. The molecule has 0 radical (unpaired) electrons. The van der Waals surface area contributed by atoms with E-state index in [1.165, 1.54) is 0 Å². The van der Waals surface area contributed by atoms with Crippen LogP contribution in [-0.4, -0.2) is 34.6 Å². The van der Waals surface area contributed by atoms with Crippen LogP contribution in [0.2, 0.25) is 0 Å². The molecule has 1 atom stereocenters. The molecule has 20 heavy (non-hydrogen) atoms. The Labute approximate surface area is 119 Å². The van der Waals surface area contributed by atoms with Crippen LogP contribution in [0.3, 0.4) is 0 Å². The lowest BCUT2D eigenvalue weighted by molar-refractivity contribution is 0.282. The van der Waals surface area contributed by atoms with E-state index in [-0.39, 0.29) is 12.6 Å². The van der Waals surface area contributed by atoms with E-state index in [2.05, 4.69) is 10.4 Å². The molecule has 2 aromatic rings. The molecule has 0 aliphatic heterocycles. The molecule has 1 unspecified atom stereocenters. The molecule has 0 fully saturated rings. The predicted octanol–water partition coefficient (Wildman–Crippen LogP) is 1.23. The van der Waals surface area contributed by atoms with Gasteiger partial charge in [0.2, 0.25) is 0 Å². The highest BCUT2D eigenvalue weighted by Crippen LogP contribution is 2.14. The zero-order valence-corrected chi connectivity index (χ0v) is 11.6. The number of benzene rings is 1. The van der Waals surface area contributed by atoms with E-state index in [9.17, 15) is 0 Å². The zero-order chi connectivity index (χ0) is 14.2. The summed E-state index contributed by atoms with van der Waals surface area (Å²) in [6.07, 6.45) is 5.61. The zero-order valence-electron chi connectivity index (χ0n) is 11.6. The summed E-state index contributed by atoms with van der Waals surface area (Å²) in [4.78, 5) is 0. The number of aliphatic hydroxyl groups is 1. The Hall–Kier alpha value is -1.69. The Morgan fingerprint density at radius 2 is 2.05 bits per heavy atom. The van der Waals surface area contributed by atoms with E-state index in [1.807, 2.05) is 47.4 Å². The highest BCUT2D eigenvalue weighted by atomic mass is 16.2.